The second kappa shape index (κ2) is 7.19. The Labute approximate surface area is 119 Å². The molecular weight excluding hydrogens is 254 g/mol. The van der Waals surface area contributed by atoms with Crippen LogP contribution in [-0.2, 0) is 11.8 Å². The smallest absolute Gasteiger partial charge is 0.163 e. The van der Waals surface area contributed by atoms with Gasteiger partial charge in [-0.2, -0.15) is 5.10 Å². The zero-order valence-corrected chi connectivity index (χ0v) is 12.5. The molecule has 0 radical (unpaired) electrons. The molecule has 0 bridgehead atoms. The zero-order chi connectivity index (χ0) is 14.4. The SMILES string of the molecule is CCCCOCCCNc1ncnc2c1c(C)nn2C. The summed E-state index contributed by atoms with van der Waals surface area (Å²) in [6, 6.07) is 0. The van der Waals surface area contributed by atoms with Gasteiger partial charge in [-0.1, -0.05) is 13.3 Å². The highest BCUT2D eigenvalue weighted by molar-refractivity contribution is 5.88. The largest absolute Gasteiger partial charge is 0.381 e. The molecule has 0 aliphatic carbocycles. The first-order valence-electron chi connectivity index (χ1n) is 7.20. The Morgan fingerprint density at radius 2 is 2.05 bits per heavy atom. The van der Waals surface area contributed by atoms with Crippen molar-refractivity contribution in [3.05, 3.63) is 12.0 Å². The molecule has 0 amide bonds. The third-order valence-electron chi connectivity index (χ3n) is 3.20. The Balaban J connectivity index is 1.87. The van der Waals surface area contributed by atoms with Crippen LogP contribution in [0.2, 0.25) is 0 Å². The van der Waals surface area contributed by atoms with Crippen molar-refractivity contribution in [3.63, 3.8) is 0 Å². The van der Waals surface area contributed by atoms with E-state index in [4.69, 9.17) is 4.74 Å². The summed E-state index contributed by atoms with van der Waals surface area (Å²) in [5.41, 5.74) is 1.81. The fraction of sp³-hybridized carbons (Fsp3) is 0.643. The van der Waals surface area contributed by atoms with Gasteiger partial charge in [0.1, 0.15) is 12.1 Å². The fourth-order valence-corrected chi connectivity index (χ4v) is 2.14. The van der Waals surface area contributed by atoms with Crippen LogP contribution in [0.1, 0.15) is 31.9 Å². The number of nitrogens with one attached hydrogen (secondary N) is 1. The average molecular weight is 277 g/mol. The molecule has 0 aliphatic rings. The van der Waals surface area contributed by atoms with Gasteiger partial charge in [0.15, 0.2) is 5.65 Å². The maximum Gasteiger partial charge on any atom is 0.163 e. The van der Waals surface area contributed by atoms with Crippen LogP contribution in [-0.4, -0.2) is 39.5 Å². The summed E-state index contributed by atoms with van der Waals surface area (Å²) in [6.45, 7) is 6.63. The number of aryl methyl sites for hydroxylation is 2. The van der Waals surface area contributed by atoms with Gasteiger partial charge in [0.2, 0.25) is 0 Å². The van der Waals surface area contributed by atoms with Crippen LogP contribution >= 0.6 is 0 Å². The van der Waals surface area contributed by atoms with Gasteiger partial charge >= 0.3 is 0 Å². The predicted octanol–water partition coefficient (Wildman–Crippen LogP) is 2.29. The van der Waals surface area contributed by atoms with Gasteiger partial charge in [0.25, 0.3) is 0 Å². The lowest BCUT2D eigenvalue weighted by Crippen LogP contribution is -2.08. The van der Waals surface area contributed by atoms with Gasteiger partial charge in [-0.15, -0.1) is 0 Å². The monoisotopic (exact) mass is 277 g/mol. The summed E-state index contributed by atoms with van der Waals surface area (Å²) in [6.07, 6.45) is 4.85. The van der Waals surface area contributed by atoms with Crippen molar-refractivity contribution < 1.29 is 4.74 Å². The highest BCUT2D eigenvalue weighted by Crippen LogP contribution is 2.21. The summed E-state index contributed by atoms with van der Waals surface area (Å²) >= 11 is 0. The van der Waals surface area contributed by atoms with Gasteiger partial charge in [-0.25, -0.2) is 9.97 Å². The molecule has 2 aromatic rings. The van der Waals surface area contributed by atoms with Crippen LogP contribution in [0.3, 0.4) is 0 Å². The van der Waals surface area contributed by atoms with Crippen molar-refractivity contribution >= 4 is 16.9 Å². The van der Waals surface area contributed by atoms with Crippen molar-refractivity contribution in [1.29, 1.82) is 0 Å². The molecule has 6 nitrogen and oxygen atoms in total. The number of hydrogen-bond acceptors (Lipinski definition) is 5. The molecule has 0 atom stereocenters. The van der Waals surface area contributed by atoms with E-state index in [0.29, 0.717) is 0 Å². The van der Waals surface area contributed by atoms with Gasteiger partial charge in [-0.05, 0) is 19.8 Å². The van der Waals surface area contributed by atoms with Gasteiger partial charge < -0.3 is 10.1 Å². The first kappa shape index (κ1) is 14.7. The molecule has 0 aromatic carbocycles. The molecule has 2 aromatic heterocycles. The van der Waals surface area contributed by atoms with E-state index in [9.17, 15) is 0 Å². The summed E-state index contributed by atoms with van der Waals surface area (Å²) < 4.78 is 7.32. The summed E-state index contributed by atoms with van der Waals surface area (Å²) in [7, 11) is 1.90. The molecule has 110 valence electrons. The van der Waals surface area contributed by atoms with Gasteiger partial charge in [-0.3, -0.25) is 4.68 Å². The van der Waals surface area contributed by atoms with Crippen LogP contribution in [0.4, 0.5) is 5.82 Å². The number of rotatable bonds is 8. The number of nitrogens with zero attached hydrogens (tertiary/aromatic N) is 4. The van der Waals surface area contributed by atoms with Gasteiger partial charge in [0, 0.05) is 26.8 Å². The Kier molecular flexibility index (Phi) is 5.29. The van der Waals surface area contributed by atoms with E-state index in [1.807, 2.05) is 14.0 Å². The summed E-state index contributed by atoms with van der Waals surface area (Å²) in [5.74, 6) is 0.856. The molecule has 2 rings (SSSR count). The van der Waals surface area contributed by atoms with Crippen LogP contribution in [0.5, 0.6) is 0 Å². The van der Waals surface area contributed by atoms with E-state index >= 15 is 0 Å². The molecule has 0 saturated heterocycles. The van der Waals surface area contributed by atoms with Crippen LogP contribution in [0, 0.1) is 6.92 Å². The molecule has 20 heavy (non-hydrogen) atoms. The number of hydrogen-bond donors (Lipinski definition) is 1. The molecule has 6 heteroatoms. The lowest BCUT2D eigenvalue weighted by atomic mass is 10.3. The number of fused-ring (bicyclic) bond motifs is 1. The first-order valence-corrected chi connectivity index (χ1v) is 7.20. The molecule has 0 fully saturated rings. The number of unbranched alkanes of at least 4 members (excludes halogenated alkanes) is 1. The minimum absolute atomic E-state index is 0.785. The van der Waals surface area contributed by atoms with E-state index < -0.39 is 0 Å². The lowest BCUT2D eigenvalue weighted by Gasteiger charge is -2.07. The number of ether oxygens (including phenoxy) is 1. The second-order valence-corrected chi connectivity index (χ2v) is 4.88. The third-order valence-corrected chi connectivity index (χ3v) is 3.20. The predicted molar refractivity (Wildman–Crippen MR) is 79.9 cm³/mol. The first-order chi connectivity index (χ1) is 9.74. The Bertz CT molecular complexity index is 552. The Morgan fingerprint density at radius 1 is 1.25 bits per heavy atom. The maximum absolute atomic E-state index is 5.54. The van der Waals surface area contributed by atoms with Crippen molar-refractivity contribution in [1.82, 2.24) is 19.7 Å². The lowest BCUT2D eigenvalue weighted by molar-refractivity contribution is 0.131. The number of anilines is 1. The molecule has 0 spiro atoms. The van der Waals surface area contributed by atoms with Crippen molar-refractivity contribution in [3.8, 4) is 0 Å². The molecular formula is C14H23N5O. The Hall–Kier alpha value is -1.69. The van der Waals surface area contributed by atoms with E-state index in [1.165, 1.54) is 6.42 Å². The highest BCUT2D eigenvalue weighted by atomic mass is 16.5. The standard InChI is InChI=1S/C14H23N5O/c1-4-5-8-20-9-6-7-15-13-12-11(2)18-19(3)14(12)17-10-16-13/h10H,4-9H2,1-3H3,(H,15,16,17). The van der Waals surface area contributed by atoms with Crippen molar-refractivity contribution in [2.24, 2.45) is 7.05 Å². The van der Waals surface area contributed by atoms with Crippen molar-refractivity contribution in [2.75, 3.05) is 25.1 Å². The van der Waals surface area contributed by atoms with E-state index in [-0.39, 0.29) is 0 Å². The molecule has 0 unspecified atom stereocenters. The number of aromatic nitrogens is 4. The van der Waals surface area contributed by atoms with Crippen LogP contribution in [0.15, 0.2) is 6.33 Å². The van der Waals surface area contributed by atoms with Crippen molar-refractivity contribution in [2.45, 2.75) is 33.1 Å². The maximum atomic E-state index is 5.54. The van der Waals surface area contributed by atoms with E-state index in [2.05, 4.69) is 27.3 Å². The highest BCUT2D eigenvalue weighted by Gasteiger charge is 2.11. The zero-order valence-electron chi connectivity index (χ0n) is 12.5. The topological polar surface area (TPSA) is 64.9 Å². The molecule has 0 aliphatic heterocycles. The average Bonchev–Trinajstić information content (AvgIpc) is 2.74. The summed E-state index contributed by atoms with van der Waals surface area (Å²) in [4.78, 5) is 8.58. The second-order valence-electron chi connectivity index (χ2n) is 4.88. The Morgan fingerprint density at radius 3 is 2.85 bits per heavy atom. The normalized spacial score (nSPS) is 11.2. The van der Waals surface area contributed by atoms with Gasteiger partial charge in [0.05, 0.1) is 11.1 Å². The van der Waals surface area contributed by atoms with E-state index in [0.717, 1.165) is 55.1 Å². The molecule has 2 heterocycles. The minimum atomic E-state index is 0.785. The molecule has 1 N–H and O–H groups in total. The minimum Gasteiger partial charge on any atom is -0.381 e. The third kappa shape index (κ3) is 3.45. The molecule has 0 saturated carbocycles. The van der Waals surface area contributed by atoms with Crippen LogP contribution in [0.25, 0.3) is 11.0 Å². The van der Waals surface area contributed by atoms with Crippen LogP contribution < -0.4 is 5.32 Å². The quantitative estimate of drug-likeness (QED) is 0.750. The van der Waals surface area contributed by atoms with E-state index in [1.54, 1.807) is 11.0 Å². The summed E-state index contributed by atoms with van der Waals surface area (Å²) in [5, 5.41) is 8.73. The fourth-order valence-electron chi connectivity index (χ4n) is 2.14.